The first-order valence-corrected chi connectivity index (χ1v) is 11.2. The third-order valence-corrected chi connectivity index (χ3v) is 6.60. The van der Waals surface area contributed by atoms with Gasteiger partial charge < -0.3 is 20.1 Å². The van der Waals surface area contributed by atoms with E-state index >= 15 is 0 Å². The Bertz CT molecular complexity index is 811. The first-order valence-electron chi connectivity index (χ1n) is 10.3. The highest BCUT2D eigenvalue weighted by Crippen LogP contribution is 2.36. The van der Waals surface area contributed by atoms with Crippen LogP contribution in [0.4, 0.5) is 0 Å². The Morgan fingerprint density at radius 2 is 2.00 bits per heavy atom. The van der Waals surface area contributed by atoms with E-state index in [1.807, 2.05) is 42.6 Å². The zero-order valence-corrected chi connectivity index (χ0v) is 18.0. The number of likely N-dealkylation sites (tertiary alicyclic amines) is 1. The number of hydrogen-bond donors (Lipinski definition) is 2. The van der Waals surface area contributed by atoms with Gasteiger partial charge in [-0.05, 0) is 55.9 Å². The Hall–Kier alpha value is -2.25. The van der Waals surface area contributed by atoms with E-state index in [2.05, 4.69) is 45.1 Å². The second-order valence-electron chi connectivity index (χ2n) is 7.67. The van der Waals surface area contributed by atoms with Gasteiger partial charge in [-0.2, -0.15) is 0 Å². The van der Waals surface area contributed by atoms with Crippen molar-refractivity contribution in [2.75, 3.05) is 40.3 Å². The molecule has 0 radical (unpaired) electrons. The highest BCUT2D eigenvalue weighted by Gasteiger charge is 2.31. The molecule has 156 valence electrons. The van der Waals surface area contributed by atoms with Gasteiger partial charge in [0.25, 0.3) is 0 Å². The molecule has 0 aliphatic carbocycles. The molecule has 1 aromatic carbocycles. The standard InChI is InChI=1S/C22H30N4O2S/c1-23-22(25-14-17-15-27-18-8-3-4-9-19(18)28-17)24-13-16-7-5-11-26(2)21(16)20-10-6-12-29-20/h3-4,6,8-10,12,16-17,21H,5,7,11,13-15H2,1-2H3,(H2,23,24,25). The summed E-state index contributed by atoms with van der Waals surface area (Å²) in [6.07, 6.45) is 2.43. The molecule has 1 saturated heterocycles. The Morgan fingerprint density at radius 1 is 1.17 bits per heavy atom. The zero-order valence-electron chi connectivity index (χ0n) is 17.1. The molecule has 2 aromatic rings. The van der Waals surface area contributed by atoms with E-state index in [0.29, 0.717) is 25.1 Å². The molecule has 1 fully saturated rings. The number of hydrogen-bond acceptors (Lipinski definition) is 5. The van der Waals surface area contributed by atoms with Crippen molar-refractivity contribution in [3.05, 3.63) is 46.7 Å². The van der Waals surface area contributed by atoms with E-state index in [4.69, 9.17) is 9.47 Å². The Balaban J connectivity index is 1.29. The number of guanidine groups is 1. The highest BCUT2D eigenvalue weighted by atomic mass is 32.1. The average molecular weight is 415 g/mol. The molecule has 2 aliphatic rings. The number of fused-ring (bicyclic) bond motifs is 1. The summed E-state index contributed by atoms with van der Waals surface area (Å²) in [5.74, 6) is 2.99. The lowest BCUT2D eigenvalue weighted by atomic mass is 9.88. The van der Waals surface area contributed by atoms with Gasteiger partial charge in [0.2, 0.25) is 0 Å². The van der Waals surface area contributed by atoms with Gasteiger partial charge in [-0.1, -0.05) is 18.2 Å². The van der Waals surface area contributed by atoms with E-state index < -0.39 is 0 Å². The number of aliphatic imine (C=N–C) groups is 1. The summed E-state index contributed by atoms with van der Waals surface area (Å²) in [6, 6.07) is 12.7. The molecule has 0 saturated carbocycles. The number of piperidine rings is 1. The summed E-state index contributed by atoms with van der Waals surface area (Å²) in [7, 11) is 4.05. The minimum absolute atomic E-state index is 0.0388. The van der Waals surface area contributed by atoms with Crippen LogP contribution < -0.4 is 20.1 Å². The van der Waals surface area contributed by atoms with Crippen molar-refractivity contribution in [1.82, 2.24) is 15.5 Å². The third-order valence-electron chi connectivity index (χ3n) is 5.66. The molecule has 6 nitrogen and oxygen atoms in total. The summed E-state index contributed by atoms with van der Waals surface area (Å²) in [6.45, 7) is 3.24. The van der Waals surface area contributed by atoms with Crippen LogP contribution in [-0.4, -0.2) is 57.3 Å². The molecule has 1 aromatic heterocycles. The number of rotatable bonds is 5. The lowest BCUT2D eigenvalue weighted by Gasteiger charge is -2.39. The fraction of sp³-hybridized carbons (Fsp3) is 0.500. The molecule has 2 N–H and O–H groups in total. The number of benzene rings is 1. The summed E-state index contributed by atoms with van der Waals surface area (Å²) in [5.41, 5.74) is 0. The van der Waals surface area contributed by atoms with Crippen molar-refractivity contribution in [2.24, 2.45) is 10.9 Å². The van der Waals surface area contributed by atoms with Crippen molar-refractivity contribution in [2.45, 2.75) is 25.0 Å². The van der Waals surface area contributed by atoms with E-state index in [-0.39, 0.29) is 6.10 Å². The molecule has 3 atom stereocenters. The van der Waals surface area contributed by atoms with E-state index in [0.717, 1.165) is 30.5 Å². The van der Waals surface area contributed by atoms with E-state index in [1.54, 1.807) is 0 Å². The van der Waals surface area contributed by atoms with Gasteiger partial charge in [0.15, 0.2) is 17.5 Å². The van der Waals surface area contributed by atoms with Gasteiger partial charge in [0.05, 0.1) is 6.54 Å². The van der Waals surface area contributed by atoms with Crippen LogP contribution in [0.5, 0.6) is 11.5 Å². The molecule has 0 amide bonds. The highest BCUT2D eigenvalue weighted by molar-refractivity contribution is 7.10. The normalized spacial score (nSPS) is 24.9. The number of thiophene rings is 1. The largest absolute Gasteiger partial charge is 0.486 e. The molecule has 29 heavy (non-hydrogen) atoms. The molecule has 2 aliphatic heterocycles. The molecule has 3 heterocycles. The minimum atomic E-state index is -0.0388. The van der Waals surface area contributed by atoms with Crippen LogP contribution in [0.2, 0.25) is 0 Å². The molecular formula is C22H30N4O2S. The lowest BCUT2D eigenvalue weighted by molar-refractivity contribution is 0.0934. The zero-order chi connectivity index (χ0) is 20.1. The van der Waals surface area contributed by atoms with Crippen LogP contribution in [0.3, 0.4) is 0 Å². The smallest absolute Gasteiger partial charge is 0.191 e. The second-order valence-corrected chi connectivity index (χ2v) is 8.65. The van der Waals surface area contributed by atoms with Crippen molar-refractivity contribution < 1.29 is 9.47 Å². The van der Waals surface area contributed by atoms with Crippen molar-refractivity contribution in [3.8, 4) is 11.5 Å². The monoisotopic (exact) mass is 414 g/mol. The molecule has 0 bridgehead atoms. The van der Waals surface area contributed by atoms with Crippen LogP contribution in [0.15, 0.2) is 46.8 Å². The van der Waals surface area contributed by atoms with Crippen LogP contribution in [-0.2, 0) is 0 Å². The minimum Gasteiger partial charge on any atom is -0.486 e. The van der Waals surface area contributed by atoms with Crippen LogP contribution in [0.25, 0.3) is 0 Å². The molecule has 4 rings (SSSR count). The van der Waals surface area contributed by atoms with Crippen LogP contribution in [0.1, 0.15) is 23.8 Å². The first kappa shape index (κ1) is 20.0. The predicted molar refractivity (Wildman–Crippen MR) is 118 cm³/mol. The SMILES string of the molecule is CN=C(NCC1COc2ccccc2O1)NCC1CCCN(C)C1c1cccs1. The van der Waals surface area contributed by atoms with Crippen LogP contribution in [0, 0.1) is 5.92 Å². The molecular weight excluding hydrogens is 384 g/mol. The summed E-state index contributed by atoms with van der Waals surface area (Å²) in [5, 5.41) is 9.10. The lowest BCUT2D eigenvalue weighted by Crippen LogP contribution is -2.48. The van der Waals surface area contributed by atoms with Gasteiger partial charge in [-0.25, -0.2) is 0 Å². The second kappa shape index (κ2) is 9.50. The predicted octanol–water partition coefficient (Wildman–Crippen LogP) is 3.14. The third kappa shape index (κ3) is 4.85. The van der Waals surface area contributed by atoms with Gasteiger partial charge in [-0.3, -0.25) is 9.89 Å². The number of nitrogens with one attached hydrogen (secondary N) is 2. The fourth-order valence-electron chi connectivity index (χ4n) is 4.21. The maximum Gasteiger partial charge on any atom is 0.191 e. The van der Waals surface area contributed by atoms with E-state index in [1.165, 1.54) is 17.7 Å². The van der Waals surface area contributed by atoms with E-state index in [9.17, 15) is 0 Å². The number of para-hydroxylation sites is 2. The van der Waals surface area contributed by atoms with Crippen LogP contribution >= 0.6 is 11.3 Å². The molecule has 7 heteroatoms. The Labute approximate surface area is 176 Å². The van der Waals surface area contributed by atoms with Gasteiger partial charge in [0, 0.05) is 24.5 Å². The Kier molecular flexibility index (Phi) is 6.56. The maximum atomic E-state index is 6.03. The number of ether oxygens (including phenoxy) is 2. The Morgan fingerprint density at radius 3 is 2.79 bits per heavy atom. The van der Waals surface area contributed by atoms with Gasteiger partial charge in [0.1, 0.15) is 12.7 Å². The summed E-state index contributed by atoms with van der Waals surface area (Å²) < 4.78 is 11.8. The fourth-order valence-corrected chi connectivity index (χ4v) is 5.19. The quantitative estimate of drug-likeness (QED) is 0.582. The van der Waals surface area contributed by atoms with Gasteiger partial charge >= 0.3 is 0 Å². The molecule has 3 unspecified atom stereocenters. The van der Waals surface area contributed by atoms with Gasteiger partial charge in [-0.15, -0.1) is 11.3 Å². The number of nitrogens with zero attached hydrogens (tertiary/aromatic N) is 2. The van der Waals surface area contributed by atoms with Crippen molar-refractivity contribution in [3.63, 3.8) is 0 Å². The molecule has 0 spiro atoms. The maximum absolute atomic E-state index is 6.03. The average Bonchev–Trinajstić information content (AvgIpc) is 3.28. The summed E-state index contributed by atoms with van der Waals surface area (Å²) >= 11 is 1.85. The van der Waals surface area contributed by atoms with Crippen molar-refractivity contribution in [1.29, 1.82) is 0 Å². The first-order chi connectivity index (χ1) is 14.2. The van der Waals surface area contributed by atoms with Crippen molar-refractivity contribution >= 4 is 17.3 Å². The topological polar surface area (TPSA) is 58.1 Å². The summed E-state index contributed by atoms with van der Waals surface area (Å²) in [4.78, 5) is 8.34.